The van der Waals surface area contributed by atoms with Gasteiger partial charge in [0.15, 0.2) is 0 Å². The Bertz CT molecular complexity index is 661. The van der Waals surface area contributed by atoms with Crippen LogP contribution in [0.1, 0.15) is 38.8 Å². The quantitative estimate of drug-likeness (QED) is 0.727. The lowest BCUT2D eigenvalue weighted by atomic mass is 9.95. The lowest BCUT2D eigenvalue weighted by molar-refractivity contribution is -0.141. The third-order valence-electron chi connectivity index (χ3n) is 5.82. The van der Waals surface area contributed by atoms with Crippen LogP contribution >= 0.6 is 12.4 Å². The summed E-state index contributed by atoms with van der Waals surface area (Å²) in [5, 5.41) is 0. The van der Waals surface area contributed by atoms with Crippen LogP contribution in [0.2, 0.25) is 0 Å². The van der Waals surface area contributed by atoms with E-state index in [4.69, 9.17) is 0 Å². The Labute approximate surface area is 176 Å². The third-order valence-corrected chi connectivity index (χ3v) is 5.82. The molecule has 0 atom stereocenters. The average molecular weight is 435 g/mol. The Balaban J connectivity index is 0.00000300. The van der Waals surface area contributed by atoms with Gasteiger partial charge in [-0.2, -0.15) is 13.2 Å². The Morgan fingerprint density at radius 3 is 2.31 bits per heavy atom. The number of hydrogen-bond donors (Lipinski definition) is 0. The van der Waals surface area contributed by atoms with Crippen LogP contribution in [0.25, 0.3) is 0 Å². The van der Waals surface area contributed by atoms with E-state index in [-0.39, 0.29) is 24.2 Å². The van der Waals surface area contributed by atoms with E-state index in [0.717, 1.165) is 51.5 Å². The van der Waals surface area contributed by atoms with E-state index < -0.39 is 11.9 Å². The van der Waals surface area contributed by atoms with E-state index in [0.29, 0.717) is 24.8 Å². The fourth-order valence-electron chi connectivity index (χ4n) is 4.06. The van der Waals surface area contributed by atoms with E-state index in [1.807, 2.05) is 9.80 Å². The summed E-state index contributed by atoms with van der Waals surface area (Å²) in [6, 6.07) is 2.98. The molecule has 1 aromatic heterocycles. The number of piperidine rings is 1. The van der Waals surface area contributed by atoms with Crippen molar-refractivity contribution in [2.45, 2.75) is 45.3 Å². The minimum Gasteiger partial charge on any atom is -0.370 e. The van der Waals surface area contributed by atoms with Crippen molar-refractivity contribution in [3.63, 3.8) is 0 Å². The molecule has 5 nitrogen and oxygen atoms in total. The molecule has 1 aromatic rings. The normalized spacial score (nSPS) is 19.8. The van der Waals surface area contributed by atoms with Gasteiger partial charge in [0.05, 0.1) is 11.9 Å². The van der Waals surface area contributed by atoms with Gasteiger partial charge in [-0.25, -0.2) is 4.98 Å². The molecule has 2 saturated heterocycles. The second-order valence-corrected chi connectivity index (χ2v) is 7.97. The summed E-state index contributed by atoms with van der Waals surface area (Å²) in [7, 11) is 0. The Morgan fingerprint density at radius 1 is 1.07 bits per heavy atom. The first-order valence-electron chi connectivity index (χ1n) is 10.1. The molecule has 3 rings (SSSR count). The fraction of sp³-hybridized carbons (Fsp3) is 0.700. The lowest BCUT2D eigenvalue weighted by Gasteiger charge is -2.35. The molecule has 0 radical (unpaired) electrons. The van der Waals surface area contributed by atoms with E-state index in [1.54, 1.807) is 0 Å². The van der Waals surface area contributed by atoms with Crippen LogP contribution in [-0.2, 0) is 11.0 Å². The van der Waals surface area contributed by atoms with Crippen LogP contribution in [0.5, 0.6) is 0 Å². The standard InChI is InChI=1S/C20H29F3N4O.ClH/c1-15(2)25-8-3-9-27(13-12-25)19(28)16-6-10-26(11-7-16)17-4-5-18(24-14-17)20(21,22)23;/h4-5,14-16H,3,6-13H2,1-2H3;1H. The van der Waals surface area contributed by atoms with Crippen molar-refractivity contribution in [1.29, 1.82) is 0 Å². The molecule has 29 heavy (non-hydrogen) atoms. The predicted octanol–water partition coefficient (Wildman–Crippen LogP) is 3.68. The second kappa shape index (κ2) is 9.98. The third kappa shape index (κ3) is 5.98. The van der Waals surface area contributed by atoms with Crippen molar-refractivity contribution >= 4 is 24.0 Å². The number of carbonyl (C=O) groups excluding carboxylic acids is 1. The van der Waals surface area contributed by atoms with E-state index in [1.165, 1.54) is 12.3 Å². The van der Waals surface area contributed by atoms with Gasteiger partial charge in [-0.15, -0.1) is 12.4 Å². The first-order chi connectivity index (χ1) is 13.3. The van der Waals surface area contributed by atoms with Crippen LogP contribution < -0.4 is 4.90 Å². The van der Waals surface area contributed by atoms with Gasteiger partial charge in [0.1, 0.15) is 5.69 Å². The molecule has 0 aliphatic carbocycles. The number of aromatic nitrogens is 1. The van der Waals surface area contributed by atoms with Gasteiger partial charge in [0, 0.05) is 51.2 Å². The van der Waals surface area contributed by atoms with E-state index >= 15 is 0 Å². The van der Waals surface area contributed by atoms with E-state index in [2.05, 4.69) is 23.7 Å². The maximum Gasteiger partial charge on any atom is 0.433 e. The Kier molecular flexibility index (Phi) is 8.17. The molecular formula is C20H30ClF3N4O. The van der Waals surface area contributed by atoms with Gasteiger partial charge in [0.25, 0.3) is 0 Å². The zero-order valence-electron chi connectivity index (χ0n) is 17.0. The molecule has 0 unspecified atom stereocenters. The highest BCUT2D eigenvalue weighted by atomic mass is 35.5. The molecule has 3 heterocycles. The number of alkyl halides is 3. The fourth-order valence-corrected chi connectivity index (χ4v) is 4.06. The minimum absolute atomic E-state index is 0. The average Bonchev–Trinajstić information content (AvgIpc) is 2.93. The highest BCUT2D eigenvalue weighted by molar-refractivity contribution is 5.85. The number of nitrogens with zero attached hydrogens (tertiary/aromatic N) is 4. The highest BCUT2D eigenvalue weighted by Crippen LogP contribution is 2.30. The van der Waals surface area contributed by atoms with Crippen molar-refractivity contribution < 1.29 is 18.0 Å². The number of anilines is 1. The van der Waals surface area contributed by atoms with Gasteiger partial charge in [0.2, 0.25) is 5.91 Å². The predicted molar refractivity (Wildman–Crippen MR) is 109 cm³/mol. The first-order valence-corrected chi connectivity index (χ1v) is 10.1. The Morgan fingerprint density at radius 2 is 1.76 bits per heavy atom. The molecule has 0 saturated carbocycles. The number of carbonyl (C=O) groups is 1. The summed E-state index contributed by atoms with van der Waals surface area (Å²) < 4.78 is 38.0. The van der Waals surface area contributed by atoms with Gasteiger partial charge in [-0.05, 0) is 45.2 Å². The van der Waals surface area contributed by atoms with Crippen molar-refractivity contribution in [3.8, 4) is 0 Å². The van der Waals surface area contributed by atoms with Gasteiger partial charge in [-0.3, -0.25) is 9.69 Å². The summed E-state index contributed by atoms with van der Waals surface area (Å²) in [5.41, 5.74) is -0.195. The molecule has 2 aliphatic rings. The molecule has 0 bridgehead atoms. The van der Waals surface area contributed by atoms with Crippen molar-refractivity contribution in [1.82, 2.24) is 14.8 Å². The van der Waals surface area contributed by atoms with Gasteiger partial charge in [-0.1, -0.05) is 0 Å². The zero-order valence-corrected chi connectivity index (χ0v) is 17.8. The molecule has 0 spiro atoms. The van der Waals surface area contributed by atoms with Crippen LogP contribution in [-0.4, -0.2) is 66.0 Å². The van der Waals surface area contributed by atoms with Crippen molar-refractivity contribution in [3.05, 3.63) is 24.0 Å². The van der Waals surface area contributed by atoms with Crippen LogP contribution in [0.4, 0.5) is 18.9 Å². The zero-order chi connectivity index (χ0) is 20.3. The molecule has 9 heteroatoms. The largest absolute Gasteiger partial charge is 0.433 e. The van der Waals surface area contributed by atoms with Crippen molar-refractivity contribution in [2.75, 3.05) is 44.2 Å². The smallest absolute Gasteiger partial charge is 0.370 e. The number of halogens is 4. The molecular weight excluding hydrogens is 405 g/mol. The SMILES string of the molecule is CC(C)N1CCCN(C(=O)C2CCN(c3ccc(C(F)(F)F)nc3)CC2)CC1.Cl. The molecule has 0 N–H and O–H groups in total. The van der Waals surface area contributed by atoms with Crippen molar-refractivity contribution in [2.24, 2.45) is 5.92 Å². The molecule has 0 aromatic carbocycles. The summed E-state index contributed by atoms with van der Waals surface area (Å²) in [5.74, 6) is 0.236. The number of pyridine rings is 1. The highest BCUT2D eigenvalue weighted by Gasteiger charge is 2.33. The topological polar surface area (TPSA) is 39.7 Å². The summed E-state index contributed by atoms with van der Waals surface area (Å²) >= 11 is 0. The van der Waals surface area contributed by atoms with Gasteiger partial charge >= 0.3 is 6.18 Å². The van der Waals surface area contributed by atoms with E-state index in [9.17, 15) is 18.0 Å². The number of hydrogen-bond acceptors (Lipinski definition) is 4. The van der Waals surface area contributed by atoms with Crippen LogP contribution in [0, 0.1) is 5.92 Å². The monoisotopic (exact) mass is 434 g/mol. The van der Waals surface area contributed by atoms with Crippen LogP contribution in [0.15, 0.2) is 18.3 Å². The Hall–Kier alpha value is -1.54. The molecule has 2 fully saturated rings. The molecule has 1 amide bonds. The van der Waals surface area contributed by atoms with Crippen LogP contribution in [0.3, 0.4) is 0 Å². The molecule has 2 aliphatic heterocycles. The molecule has 164 valence electrons. The maximum atomic E-state index is 12.9. The van der Waals surface area contributed by atoms with Gasteiger partial charge < -0.3 is 9.80 Å². The lowest BCUT2D eigenvalue weighted by Crippen LogP contribution is -2.44. The number of amides is 1. The second-order valence-electron chi connectivity index (χ2n) is 7.97. The first kappa shape index (κ1) is 23.7. The minimum atomic E-state index is -4.42. The number of rotatable bonds is 3. The summed E-state index contributed by atoms with van der Waals surface area (Å²) in [6.45, 7) is 9.23. The summed E-state index contributed by atoms with van der Waals surface area (Å²) in [4.78, 5) is 22.9. The summed E-state index contributed by atoms with van der Waals surface area (Å²) in [6.07, 6.45) is -0.689. The maximum absolute atomic E-state index is 12.9.